The largest absolute Gasteiger partial charge is 0.497 e. The monoisotopic (exact) mass is 404 g/mol. The standard InChI is InChI=1S/C19H20N2O6S/c1-13(12-27-15-9-7-14(26-2)8-10-15)20-18(22)11-21-19(23)16-5-3-4-6-17(16)28(21,24)25/h3-10,13H,11-12H2,1-2H3,(H,20,22). The second-order valence-corrected chi connectivity index (χ2v) is 8.10. The van der Waals surface area contributed by atoms with E-state index in [1.807, 2.05) is 0 Å². The Morgan fingerprint density at radius 2 is 1.75 bits per heavy atom. The van der Waals surface area contributed by atoms with Crippen LogP contribution in [0, 0.1) is 0 Å². The first-order valence-corrected chi connectivity index (χ1v) is 9.99. The quantitative estimate of drug-likeness (QED) is 0.749. The normalized spacial score (nSPS) is 15.6. The number of fused-ring (bicyclic) bond motifs is 1. The summed E-state index contributed by atoms with van der Waals surface area (Å²) >= 11 is 0. The molecule has 2 amide bonds. The summed E-state index contributed by atoms with van der Waals surface area (Å²) in [6, 6.07) is 12.5. The van der Waals surface area contributed by atoms with Crippen LogP contribution in [-0.2, 0) is 14.8 Å². The lowest BCUT2D eigenvalue weighted by atomic mass is 10.2. The van der Waals surface area contributed by atoms with E-state index in [0.29, 0.717) is 15.8 Å². The molecule has 0 fully saturated rings. The summed E-state index contributed by atoms with van der Waals surface area (Å²) in [7, 11) is -2.44. The van der Waals surface area contributed by atoms with Crippen molar-refractivity contribution >= 4 is 21.8 Å². The second kappa shape index (κ2) is 7.89. The molecule has 148 valence electrons. The van der Waals surface area contributed by atoms with E-state index in [9.17, 15) is 18.0 Å². The Morgan fingerprint density at radius 3 is 2.39 bits per heavy atom. The number of benzene rings is 2. The number of amides is 2. The van der Waals surface area contributed by atoms with Gasteiger partial charge in [0.1, 0.15) is 29.5 Å². The molecular weight excluding hydrogens is 384 g/mol. The molecular formula is C19H20N2O6S. The zero-order chi connectivity index (χ0) is 20.3. The van der Waals surface area contributed by atoms with E-state index in [-0.39, 0.29) is 17.1 Å². The van der Waals surface area contributed by atoms with Gasteiger partial charge in [-0.1, -0.05) is 12.1 Å². The zero-order valence-electron chi connectivity index (χ0n) is 15.4. The number of carbonyl (C=O) groups excluding carboxylic acids is 2. The fraction of sp³-hybridized carbons (Fsp3) is 0.263. The average Bonchev–Trinajstić information content (AvgIpc) is 2.88. The molecule has 1 unspecified atom stereocenters. The van der Waals surface area contributed by atoms with Gasteiger partial charge in [0.05, 0.1) is 18.7 Å². The van der Waals surface area contributed by atoms with Crippen LogP contribution in [0.2, 0.25) is 0 Å². The molecule has 0 saturated carbocycles. The summed E-state index contributed by atoms with van der Waals surface area (Å²) in [5.74, 6) is 0.0179. The van der Waals surface area contributed by atoms with Crippen molar-refractivity contribution in [2.75, 3.05) is 20.3 Å². The molecule has 9 heteroatoms. The van der Waals surface area contributed by atoms with Gasteiger partial charge in [0, 0.05) is 0 Å². The smallest absolute Gasteiger partial charge is 0.269 e. The van der Waals surface area contributed by atoms with Gasteiger partial charge in [-0.2, -0.15) is 0 Å². The third-order valence-corrected chi connectivity index (χ3v) is 5.95. The fourth-order valence-electron chi connectivity index (χ4n) is 2.77. The van der Waals surface area contributed by atoms with Gasteiger partial charge in [0.25, 0.3) is 15.9 Å². The van der Waals surface area contributed by atoms with Crippen molar-refractivity contribution in [1.29, 1.82) is 0 Å². The number of nitrogens with zero attached hydrogens (tertiary/aromatic N) is 1. The summed E-state index contributed by atoms with van der Waals surface area (Å²) in [5.41, 5.74) is 0.0752. The van der Waals surface area contributed by atoms with E-state index in [1.54, 1.807) is 44.4 Å². The third kappa shape index (κ3) is 3.94. The van der Waals surface area contributed by atoms with Gasteiger partial charge < -0.3 is 14.8 Å². The molecule has 1 aliphatic rings. The van der Waals surface area contributed by atoms with Gasteiger partial charge in [0.2, 0.25) is 5.91 Å². The van der Waals surface area contributed by atoms with Gasteiger partial charge in [-0.25, -0.2) is 12.7 Å². The molecule has 0 bridgehead atoms. The highest BCUT2D eigenvalue weighted by Gasteiger charge is 2.41. The van der Waals surface area contributed by atoms with Crippen LogP contribution in [0.5, 0.6) is 11.5 Å². The van der Waals surface area contributed by atoms with E-state index in [0.717, 1.165) is 0 Å². The second-order valence-electron chi connectivity index (χ2n) is 6.27. The molecule has 1 aliphatic heterocycles. The SMILES string of the molecule is COc1ccc(OCC(C)NC(=O)CN2C(=O)c3ccccc3S2(=O)=O)cc1. The average molecular weight is 404 g/mol. The van der Waals surface area contributed by atoms with Crippen LogP contribution in [0.15, 0.2) is 53.4 Å². The highest BCUT2D eigenvalue weighted by molar-refractivity contribution is 7.90. The van der Waals surface area contributed by atoms with Crippen molar-refractivity contribution in [3.8, 4) is 11.5 Å². The topological polar surface area (TPSA) is 102 Å². The van der Waals surface area contributed by atoms with Gasteiger partial charge in [-0.15, -0.1) is 0 Å². The molecule has 0 radical (unpaired) electrons. The van der Waals surface area contributed by atoms with E-state index in [1.165, 1.54) is 18.2 Å². The summed E-state index contributed by atoms with van der Waals surface area (Å²) < 4.78 is 36.2. The third-order valence-electron chi connectivity index (χ3n) is 4.17. The van der Waals surface area contributed by atoms with Gasteiger partial charge in [-0.05, 0) is 43.3 Å². The molecule has 3 rings (SSSR count). The number of nitrogens with one attached hydrogen (secondary N) is 1. The van der Waals surface area contributed by atoms with Crippen LogP contribution in [0.4, 0.5) is 0 Å². The Labute approximate surface area is 163 Å². The van der Waals surface area contributed by atoms with Crippen molar-refractivity contribution in [2.24, 2.45) is 0 Å². The van der Waals surface area contributed by atoms with Crippen LogP contribution in [0.3, 0.4) is 0 Å². The first kappa shape index (κ1) is 19.7. The molecule has 0 aromatic heterocycles. The first-order chi connectivity index (χ1) is 13.3. The fourth-order valence-corrected chi connectivity index (χ4v) is 4.30. The molecule has 1 atom stereocenters. The lowest BCUT2D eigenvalue weighted by molar-refractivity contribution is -0.121. The minimum Gasteiger partial charge on any atom is -0.497 e. The number of carbonyl (C=O) groups is 2. The van der Waals surface area contributed by atoms with Crippen molar-refractivity contribution < 1.29 is 27.5 Å². The van der Waals surface area contributed by atoms with Crippen molar-refractivity contribution in [2.45, 2.75) is 17.9 Å². The van der Waals surface area contributed by atoms with Crippen LogP contribution in [0.1, 0.15) is 17.3 Å². The molecule has 1 heterocycles. The Balaban J connectivity index is 1.56. The van der Waals surface area contributed by atoms with Gasteiger partial charge >= 0.3 is 0 Å². The summed E-state index contributed by atoms with van der Waals surface area (Å²) in [4.78, 5) is 24.5. The number of rotatable bonds is 7. The number of sulfonamides is 1. The highest BCUT2D eigenvalue weighted by Crippen LogP contribution is 2.29. The van der Waals surface area contributed by atoms with Crippen molar-refractivity contribution in [3.05, 3.63) is 54.1 Å². The zero-order valence-corrected chi connectivity index (χ0v) is 16.2. The summed E-state index contributed by atoms with van der Waals surface area (Å²) in [6.07, 6.45) is 0. The molecule has 2 aromatic carbocycles. The maximum atomic E-state index is 12.5. The summed E-state index contributed by atoms with van der Waals surface area (Å²) in [6.45, 7) is 1.32. The van der Waals surface area contributed by atoms with Crippen LogP contribution in [-0.4, -0.2) is 50.8 Å². The molecule has 0 spiro atoms. The van der Waals surface area contributed by atoms with Gasteiger partial charge in [0.15, 0.2) is 0 Å². The Morgan fingerprint density at radius 1 is 1.11 bits per heavy atom. The number of hydrogen-bond acceptors (Lipinski definition) is 6. The maximum Gasteiger partial charge on any atom is 0.269 e. The highest BCUT2D eigenvalue weighted by atomic mass is 32.2. The minimum absolute atomic E-state index is 0.0752. The lowest BCUT2D eigenvalue weighted by Gasteiger charge is -2.18. The number of ether oxygens (including phenoxy) is 2. The van der Waals surface area contributed by atoms with Crippen molar-refractivity contribution in [3.63, 3.8) is 0 Å². The predicted octanol–water partition coefficient (Wildman–Crippen LogP) is 1.42. The number of hydrogen-bond donors (Lipinski definition) is 1. The summed E-state index contributed by atoms with van der Waals surface area (Å²) in [5, 5.41) is 2.64. The van der Waals surface area contributed by atoms with Crippen LogP contribution in [0.25, 0.3) is 0 Å². The van der Waals surface area contributed by atoms with E-state index >= 15 is 0 Å². The van der Waals surface area contributed by atoms with Gasteiger partial charge in [-0.3, -0.25) is 9.59 Å². The van der Waals surface area contributed by atoms with E-state index in [4.69, 9.17) is 9.47 Å². The molecule has 8 nitrogen and oxygen atoms in total. The van der Waals surface area contributed by atoms with Crippen molar-refractivity contribution in [1.82, 2.24) is 9.62 Å². The molecule has 28 heavy (non-hydrogen) atoms. The first-order valence-electron chi connectivity index (χ1n) is 8.55. The Bertz CT molecular complexity index is 988. The molecule has 0 aliphatic carbocycles. The predicted molar refractivity (Wildman–Crippen MR) is 101 cm³/mol. The molecule has 2 aromatic rings. The minimum atomic E-state index is -4.01. The van der Waals surface area contributed by atoms with Crippen LogP contribution < -0.4 is 14.8 Å². The maximum absolute atomic E-state index is 12.5. The Hall–Kier alpha value is -3.07. The van der Waals surface area contributed by atoms with E-state index in [2.05, 4.69) is 5.32 Å². The molecule has 1 N–H and O–H groups in total. The lowest BCUT2D eigenvalue weighted by Crippen LogP contribution is -2.44. The molecule has 0 saturated heterocycles. The van der Waals surface area contributed by atoms with Crippen LogP contribution >= 0.6 is 0 Å². The Kier molecular flexibility index (Phi) is 5.55. The number of methoxy groups -OCH3 is 1. The van der Waals surface area contributed by atoms with E-state index < -0.39 is 34.4 Å².